The molecular formula is C27H21ClF4N2O4. The van der Waals surface area contributed by atoms with E-state index in [0.717, 1.165) is 17.2 Å². The Bertz CT molecular complexity index is 1320. The second kappa shape index (κ2) is 12.5. The molecule has 0 spiro atoms. The van der Waals surface area contributed by atoms with Gasteiger partial charge in [0, 0.05) is 35.3 Å². The van der Waals surface area contributed by atoms with Crippen molar-refractivity contribution in [2.24, 2.45) is 0 Å². The number of pyridine rings is 2. The van der Waals surface area contributed by atoms with Gasteiger partial charge in [0.1, 0.15) is 6.61 Å². The third-order valence-corrected chi connectivity index (χ3v) is 5.83. The van der Waals surface area contributed by atoms with Gasteiger partial charge >= 0.3 is 13.2 Å². The largest absolute Gasteiger partial charge is 0.619 e. The van der Waals surface area contributed by atoms with Crippen LogP contribution < -0.4 is 18.9 Å². The van der Waals surface area contributed by atoms with Crippen LogP contribution in [0.3, 0.4) is 0 Å². The normalized spacial score (nSPS) is 12.0. The summed E-state index contributed by atoms with van der Waals surface area (Å²) in [5.41, 5.74) is 2.84. The Hall–Kier alpha value is -4.05. The third-order valence-electron chi connectivity index (χ3n) is 5.57. The lowest BCUT2D eigenvalue weighted by Crippen LogP contribution is -2.24. The van der Waals surface area contributed by atoms with Gasteiger partial charge in [-0.3, -0.25) is 0 Å². The molecule has 198 valence electrons. The van der Waals surface area contributed by atoms with Crippen LogP contribution in [0, 0.1) is 5.21 Å². The van der Waals surface area contributed by atoms with Crippen LogP contribution in [0.4, 0.5) is 17.6 Å². The number of hydrogen-bond acceptors (Lipinski definition) is 5. The van der Waals surface area contributed by atoms with E-state index in [4.69, 9.17) is 16.3 Å². The zero-order valence-corrected chi connectivity index (χ0v) is 20.4. The first-order valence-electron chi connectivity index (χ1n) is 11.3. The molecule has 2 aromatic carbocycles. The molecule has 6 nitrogen and oxygen atoms in total. The van der Waals surface area contributed by atoms with Crippen LogP contribution in [-0.4, -0.2) is 18.2 Å². The molecule has 0 saturated carbocycles. The highest BCUT2D eigenvalue weighted by atomic mass is 35.5. The molecule has 4 rings (SSSR count). The van der Waals surface area contributed by atoms with Gasteiger partial charge in [-0.1, -0.05) is 35.9 Å². The van der Waals surface area contributed by atoms with E-state index in [9.17, 15) is 22.8 Å². The summed E-state index contributed by atoms with van der Waals surface area (Å²) < 4.78 is 66.8. The quantitative estimate of drug-likeness (QED) is 0.121. The van der Waals surface area contributed by atoms with Crippen LogP contribution in [0.25, 0.3) is 0 Å². The number of halogens is 5. The highest BCUT2D eigenvalue weighted by Gasteiger charge is 2.21. The molecule has 4 aromatic rings. The molecule has 0 bridgehead atoms. The molecule has 0 aliphatic heterocycles. The molecule has 0 saturated heterocycles. The minimum absolute atomic E-state index is 0.270. The summed E-state index contributed by atoms with van der Waals surface area (Å²) in [6.45, 7) is -6.19. The van der Waals surface area contributed by atoms with E-state index in [1.807, 2.05) is 12.1 Å². The Labute approximate surface area is 220 Å². The Morgan fingerprint density at radius 1 is 0.789 bits per heavy atom. The molecule has 2 heterocycles. The van der Waals surface area contributed by atoms with Gasteiger partial charge in [0.05, 0.1) is 0 Å². The van der Waals surface area contributed by atoms with E-state index in [-0.39, 0.29) is 6.61 Å². The zero-order chi connectivity index (χ0) is 27.1. The van der Waals surface area contributed by atoms with Crippen LogP contribution in [0.2, 0.25) is 5.02 Å². The van der Waals surface area contributed by atoms with Gasteiger partial charge in [0.2, 0.25) is 5.88 Å². The minimum Gasteiger partial charge on any atom is -0.619 e. The zero-order valence-electron chi connectivity index (χ0n) is 19.6. The number of aromatic nitrogens is 2. The summed E-state index contributed by atoms with van der Waals surface area (Å²) in [5.74, 6) is -1.14. The summed E-state index contributed by atoms with van der Waals surface area (Å²) in [6, 6.07) is 17.7. The van der Waals surface area contributed by atoms with E-state index in [2.05, 4.69) is 14.5 Å². The van der Waals surface area contributed by atoms with Crippen LogP contribution >= 0.6 is 11.6 Å². The molecule has 0 aliphatic rings. The second-order valence-corrected chi connectivity index (χ2v) is 8.57. The number of benzene rings is 2. The average molecular weight is 549 g/mol. The lowest BCUT2D eigenvalue weighted by molar-refractivity contribution is -0.605. The molecule has 0 amide bonds. The monoisotopic (exact) mass is 548 g/mol. The van der Waals surface area contributed by atoms with Crippen LogP contribution in [-0.2, 0) is 13.0 Å². The maximum absolute atomic E-state index is 13.0. The molecule has 0 N–H and O–H groups in total. The average Bonchev–Trinajstić information content (AvgIpc) is 2.89. The topological polar surface area (TPSA) is 67.5 Å². The third kappa shape index (κ3) is 7.48. The molecule has 1 atom stereocenters. The first kappa shape index (κ1) is 27.0. The summed E-state index contributed by atoms with van der Waals surface area (Å²) in [6.07, 6.45) is 4.60. The predicted molar refractivity (Wildman–Crippen MR) is 131 cm³/mol. The molecule has 0 radical (unpaired) electrons. The molecule has 1 unspecified atom stereocenters. The lowest BCUT2D eigenvalue weighted by Gasteiger charge is -2.20. The minimum atomic E-state index is -3.25. The van der Waals surface area contributed by atoms with Crippen LogP contribution in [0.15, 0.2) is 85.3 Å². The fraction of sp³-hybridized carbons (Fsp3) is 0.185. The highest BCUT2D eigenvalue weighted by Crippen LogP contribution is 2.37. The van der Waals surface area contributed by atoms with Crippen LogP contribution in [0.1, 0.15) is 28.2 Å². The van der Waals surface area contributed by atoms with Gasteiger partial charge in [-0.2, -0.15) is 22.3 Å². The van der Waals surface area contributed by atoms with Gasteiger partial charge in [-0.15, -0.1) is 0 Å². The van der Waals surface area contributed by atoms with Crippen molar-refractivity contribution in [2.75, 3.05) is 0 Å². The Morgan fingerprint density at radius 3 is 2.08 bits per heavy atom. The van der Waals surface area contributed by atoms with Crippen molar-refractivity contribution < 1.29 is 36.5 Å². The second-order valence-electron chi connectivity index (χ2n) is 8.13. The van der Waals surface area contributed by atoms with E-state index in [0.29, 0.717) is 33.2 Å². The van der Waals surface area contributed by atoms with Gasteiger partial charge < -0.3 is 19.4 Å². The van der Waals surface area contributed by atoms with Gasteiger partial charge in [0.15, 0.2) is 23.9 Å². The Kier molecular flexibility index (Phi) is 8.85. The smallest absolute Gasteiger partial charge is 0.387 e. The Morgan fingerprint density at radius 2 is 1.45 bits per heavy atom. The first-order valence-corrected chi connectivity index (χ1v) is 11.7. The number of ether oxygens (including phenoxy) is 3. The predicted octanol–water partition coefficient (Wildman–Crippen LogP) is 6.52. The van der Waals surface area contributed by atoms with Crippen molar-refractivity contribution in [2.45, 2.75) is 32.2 Å². The van der Waals surface area contributed by atoms with Crippen molar-refractivity contribution in [1.82, 2.24) is 4.98 Å². The van der Waals surface area contributed by atoms with Gasteiger partial charge in [0.25, 0.3) is 0 Å². The maximum atomic E-state index is 13.0. The fourth-order valence-corrected chi connectivity index (χ4v) is 3.91. The summed E-state index contributed by atoms with van der Waals surface area (Å²) in [4.78, 5) is 4.36. The van der Waals surface area contributed by atoms with Crippen molar-refractivity contribution >= 4 is 11.6 Å². The Balaban J connectivity index is 1.62. The molecule has 0 aliphatic carbocycles. The summed E-state index contributed by atoms with van der Waals surface area (Å²) in [7, 11) is 0. The van der Waals surface area contributed by atoms with E-state index in [1.165, 1.54) is 24.5 Å². The van der Waals surface area contributed by atoms with E-state index < -0.39 is 30.6 Å². The van der Waals surface area contributed by atoms with Gasteiger partial charge in [-0.05, 0) is 52.9 Å². The highest BCUT2D eigenvalue weighted by molar-refractivity contribution is 6.30. The fourth-order valence-electron chi connectivity index (χ4n) is 3.79. The van der Waals surface area contributed by atoms with Gasteiger partial charge in [-0.25, -0.2) is 4.98 Å². The summed E-state index contributed by atoms with van der Waals surface area (Å²) >= 11 is 5.90. The van der Waals surface area contributed by atoms with Crippen molar-refractivity contribution in [3.63, 3.8) is 0 Å². The number of alkyl halides is 4. The van der Waals surface area contributed by atoms with E-state index in [1.54, 1.807) is 42.6 Å². The van der Waals surface area contributed by atoms with Crippen molar-refractivity contribution in [1.29, 1.82) is 0 Å². The SMILES string of the molecule is [O-][n+]1ccc(CC(c2ccc(OCc3ccc(Cl)cc3)nc2)c2ccc(OC(F)F)c(OC(F)F)c2)cc1. The maximum Gasteiger partial charge on any atom is 0.387 e. The van der Waals surface area contributed by atoms with Crippen molar-refractivity contribution in [3.05, 3.63) is 118 Å². The number of hydrogen-bond donors (Lipinski definition) is 0. The summed E-state index contributed by atoms with van der Waals surface area (Å²) in [5, 5.41) is 12.1. The van der Waals surface area contributed by atoms with E-state index >= 15 is 0 Å². The first-order chi connectivity index (χ1) is 18.3. The lowest BCUT2D eigenvalue weighted by atomic mass is 9.87. The van der Waals surface area contributed by atoms with Crippen molar-refractivity contribution in [3.8, 4) is 17.4 Å². The number of rotatable bonds is 11. The number of nitrogens with zero attached hydrogens (tertiary/aromatic N) is 2. The molecule has 2 aromatic heterocycles. The molecule has 38 heavy (non-hydrogen) atoms. The molecule has 0 fully saturated rings. The molecule has 11 heteroatoms. The molecular weight excluding hydrogens is 528 g/mol. The van der Waals surface area contributed by atoms with Crippen LogP contribution in [0.5, 0.6) is 17.4 Å². The standard InChI is InChI=1S/C27H21ClF4N2O4/c28-21-5-1-18(2-6-21)16-36-25-8-4-20(15-33-25)22(13-17-9-11-34(35)12-10-17)19-3-7-23(37-26(29)30)24(14-19)38-27(31)32/h1-12,14-15,22,26-27H,13,16H2.